The molecule has 0 amide bonds. The van der Waals surface area contributed by atoms with Gasteiger partial charge in [-0.25, -0.2) is 0 Å². The minimum absolute atomic E-state index is 0.206. The first-order valence-electron chi connectivity index (χ1n) is 5.03. The van der Waals surface area contributed by atoms with Crippen LogP contribution in [-0.4, -0.2) is 47.8 Å². The van der Waals surface area contributed by atoms with Crippen molar-refractivity contribution < 1.29 is 19.7 Å². The van der Waals surface area contributed by atoms with Gasteiger partial charge in [-0.15, -0.1) is 0 Å². The number of aliphatic hydroxyl groups excluding tert-OH is 2. The Hall–Kier alpha value is -0.160. The summed E-state index contributed by atoms with van der Waals surface area (Å²) in [6.07, 6.45) is -2.63. The highest BCUT2D eigenvalue weighted by molar-refractivity contribution is 4.92. The molecule has 1 fully saturated rings. The van der Waals surface area contributed by atoms with E-state index in [2.05, 4.69) is 0 Å². The maximum absolute atomic E-state index is 9.88. The van der Waals surface area contributed by atoms with Crippen molar-refractivity contribution >= 4 is 0 Å². The molecule has 1 saturated heterocycles. The van der Waals surface area contributed by atoms with Gasteiger partial charge in [-0.05, 0) is 12.8 Å². The molecule has 1 aliphatic heterocycles. The van der Waals surface area contributed by atoms with E-state index in [0.29, 0.717) is 0 Å². The van der Waals surface area contributed by atoms with E-state index in [4.69, 9.17) is 9.47 Å². The third-order valence-corrected chi connectivity index (χ3v) is 2.79. The fraction of sp³-hybridized carbons (Fsp3) is 1.00. The van der Waals surface area contributed by atoms with Crippen molar-refractivity contribution in [2.24, 2.45) is 5.92 Å². The summed E-state index contributed by atoms with van der Waals surface area (Å²) in [6.45, 7) is 5.74. The Morgan fingerprint density at radius 1 is 1.21 bits per heavy atom. The van der Waals surface area contributed by atoms with Gasteiger partial charge in [0.25, 0.3) is 0 Å². The second-order valence-corrected chi connectivity index (χ2v) is 4.23. The minimum atomic E-state index is -0.759. The van der Waals surface area contributed by atoms with Crippen LogP contribution in [0.3, 0.4) is 0 Å². The summed E-state index contributed by atoms with van der Waals surface area (Å²) in [5.74, 6) is 0.206. The number of hydrogen-bond acceptors (Lipinski definition) is 4. The molecule has 5 atom stereocenters. The van der Waals surface area contributed by atoms with E-state index in [-0.39, 0.29) is 18.1 Å². The molecule has 84 valence electrons. The van der Waals surface area contributed by atoms with E-state index >= 15 is 0 Å². The van der Waals surface area contributed by atoms with Crippen LogP contribution in [0, 0.1) is 5.92 Å². The molecule has 0 aromatic heterocycles. The summed E-state index contributed by atoms with van der Waals surface area (Å²) in [7, 11) is 1.49. The van der Waals surface area contributed by atoms with Crippen LogP contribution in [0.25, 0.3) is 0 Å². The Morgan fingerprint density at radius 2 is 1.79 bits per heavy atom. The highest BCUT2D eigenvalue weighted by Crippen LogP contribution is 2.26. The van der Waals surface area contributed by atoms with E-state index < -0.39 is 18.3 Å². The third kappa shape index (κ3) is 2.08. The molecule has 14 heavy (non-hydrogen) atoms. The van der Waals surface area contributed by atoms with Crippen molar-refractivity contribution in [2.75, 3.05) is 7.11 Å². The molecule has 1 aliphatic rings. The highest BCUT2D eigenvalue weighted by Gasteiger charge is 2.43. The first-order valence-corrected chi connectivity index (χ1v) is 5.03. The average molecular weight is 204 g/mol. The van der Waals surface area contributed by atoms with Gasteiger partial charge in [0.1, 0.15) is 18.3 Å². The van der Waals surface area contributed by atoms with Gasteiger partial charge in [0.15, 0.2) is 0 Å². The summed E-state index contributed by atoms with van der Waals surface area (Å²) in [6, 6.07) is 0. The molecule has 1 rings (SSSR count). The van der Waals surface area contributed by atoms with E-state index in [1.165, 1.54) is 7.11 Å². The van der Waals surface area contributed by atoms with Crippen LogP contribution in [0.4, 0.5) is 0 Å². The van der Waals surface area contributed by atoms with Crippen LogP contribution in [0.2, 0.25) is 0 Å². The summed E-state index contributed by atoms with van der Waals surface area (Å²) in [5.41, 5.74) is 0. The molecule has 0 saturated carbocycles. The van der Waals surface area contributed by atoms with Crippen LogP contribution >= 0.6 is 0 Å². The molecule has 0 radical (unpaired) electrons. The summed E-state index contributed by atoms with van der Waals surface area (Å²) in [5, 5.41) is 19.6. The normalized spacial score (nSPS) is 44.4. The lowest BCUT2D eigenvalue weighted by Gasteiger charge is -2.42. The lowest BCUT2D eigenvalue weighted by Crippen LogP contribution is -2.58. The van der Waals surface area contributed by atoms with Crippen molar-refractivity contribution in [3.63, 3.8) is 0 Å². The van der Waals surface area contributed by atoms with Crippen LogP contribution < -0.4 is 0 Å². The predicted molar refractivity (Wildman–Crippen MR) is 52.0 cm³/mol. The molecule has 4 unspecified atom stereocenters. The van der Waals surface area contributed by atoms with Gasteiger partial charge in [-0.3, -0.25) is 0 Å². The quantitative estimate of drug-likeness (QED) is 0.673. The number of ether oxygens (including phenoxy) is 2. The molecular formula is C10H20O4. The summed E-state index contributed by atoms with van der Waals surface area (Å²) in [4.78, 5) is 0. The summed E-state index contributed by atoms with van der Waals surface area (Å²) < 4.78 is 10.6. The third-order valence-electron chi connectivity index (χ3n) is 2.79. The average Bonchev–Trinajstić information content (AvgIpc) is 2.12. The SMILES string of the molecule is COC1C(O)C(C(C)C)O[C@H](C)C1O. The van der Waals surface area contributed by atoms with Gasteiger partial charge in [-0.2, -0.15) is 0 Å². The van der Waals surface area contributed by atoms with Crippen molar-refractivity contribution in [2.45, 2.75) is 51.3 Å². The number of methoxy groups -OCH3 is 1. The van der Waals surface area contributed by atoms with Crippen LogP contribution in [0.5, 0.6) is 0 Å². The molecule has 0 aliphatic carbocycles. The Labute approximate surface area is 84.8 Å². The minimum Gasteiger partial charge on any atom is -0.388 e. The van der Waals surface area contributed by atoms with Crippen molar-refractivity contribution in [1.29, 1.82) is 0 Å². The maximum atomic E-state index is 9.88. The Bertz CT molecular complexity index is 181. The zero-order valence-electron chi connectivity index (χ0n) is 9.18. The van der Waals surface area contributed by atoms with Crippen molar-refractivity contribution in [1.82, 2.24) is 0 Å². The van der Waals surface area contributed by atoms with Gasteiger partial charge in [0.2, 0.25) is 0 Å². The molecule has 4 nitrogen and oxygen atoms in total. The lowest BCUT2D eigenvalue weighted by molar-refractivity contribution is -0.233. The van der Waals surface area contributed by atoms with E-state index in [9.17, 15) is 10.2 Å². The predicted octanol–water partition coefficient (Wildman–Crippen LogP) is 0.166. The van der Waals surface area contributed by atoms with E-state index in [1.54, 1.807) is 6.92 Å². The zero-order chi connectivity index (χ0) is 10.9. The van der Waals surface area contributed by atoms with Gasteiger partial charge < -0.3 is 19.7 Å². The van der Waals surface area contributed by atoms with Crippen LogP contribution in [0.1, 0.15) is 20.8 Å². The fourth-order valence-corrected chi connectivity index (χ4v) is 1.90. The largest absolute Gasteiger partial charge is 0.388 e. The molecule has 2 N–H and O–H groups in total. The van der Waals surface area contributed by atoms with Crippen molar-refractivity contribution in [3.8, 4) is 0 Å². The molecule has 0 spiro atoms. The van der Waals surface area contributed by atoms with Gasteiger partial charge >= 0.3 is 0 Å². The van der Waals surface area contributed by atoms with E-state index in [0.717, 1.165) is 0 Å². The second-order valence-electron chi connectivity index (χ2n) is 4.23. The van der Waals surface area contributed by atoms with Gasteiger partial charge in [0.05, 0.1) is 12.2 Å². The topological polar surface area (TPSA) is 58.9 Å². The van der Waals surface area contributed by atoms with Crippen LogP contribution in [-0.2, 0) is 9.47 Å². The smallest absolute Gasteiger partial charge is 0.114 e. The van der Waals surface area contributed by atoms with E-state index in [1.807, 2.05) is 13.8 Å². The molecule has 1 heterocycles. The number of hydrogen-bond donors (Lipinski definition) is 2. The zero-order valence-corrected chi connectivity index (χ0v) is 9.18. The maximum Gasteiger partial charge on any atom is 0.114 e. The molecule has 0 aromatic rings. The first-order chi connectivity index (χ1) is 6.49. The highest BCUT2D eigenvalue weighted by atomic mass is 16.6. The summed E-state index contributed by atoms with van der Waals surface area (Å²) >= 11 is 0. The fourth-order valence-electron chi connectivity index (χ4n) is 1.90. The number of aliphatic hydroxyl groups is 2. The Kier molecular flexibility index (Phi) is 3.89. The standard InChI is InChI=1S/C10H20O4/c1-5(2)9-8(12)10(13-4)7(11)6(3)14-9/h5-12H,1-4H3/t6-,7?,8?,9?,10?/m1/s1. The van der Waals surface area contributed by atoms with Crippen LogP contribution in [0.15, 0.2) is 0 Å². The second kappa shape index (κ2) is 4.57. The van der Waals surface area contributed by atoms with Gasteiger partial charge in [0, 0.05) is 7.11 Å². The Morgan fingerprint density at radius 3 is 2.21 bits per heavy atom. The Balaban J connectivity index is 2.75. The molecule has 0 bridgehead atoms. The monoisotopic (exact) mass is 204 g/mol. The number of rotatable bonds is 2. The molecule has 4 heteroatoms. The van der Waals surface area contributed by atoms with Gasteiger partial charge in [-0.1, -0.05) is 13.8 Å². The molecular weight excluding hydrogens is 184 g/mol. The first kappa shape index (κ1) is 11.9. The van der Waals surface area contributed by atoms with Crippen molar-refractivity contribution in [3.05, 3.63) is 0 Å². The lowest BCUT2D eigenvalue weighted by atomic mass is 9.90. The molecule has 0 aromatic carbocycles.